The molecular formula is C8H15ClS. The van der Waals surface area contributed by atoms with Crippen molar-refractivity contribution in [2.24, 2.45) is 5.41 Å². The molecule has 0 unspecified atom stereocenters. The normalized spacial score (nSPS) is 21.0. The third-order valence-electron chi connectivity index (χ3n) is 2.30. The van der Waals surface area contributed by atoms with Gasteiger partial charge in [-0.2, -0.15) is 11.8 Å². The molecule has 0 nitrogen and oxygen atoms in total. The second-order valence-electron chi connectivity index (χ2n) is 3.23. The first-order valence-corrected chi connectivity index (χ1v) is 5.81. The maximum Gasteiger partial charge on any atom is 0.0280 e. The fourth-order valence-electron chi connectivity index (χ4n) is 1.22. The van der Waals surface area contributed by atoms with E-state index in [1.807, 2.05) is 11.8 Å². The van der Waals surface area contributed by atoms with E-state index in [9.17, 15) is 0 Å². The summed E-state index contributed by atoms with van der Waals surface area (Å²) in [5, 5.41) is 0. The zero-order chi connectivity index (χ0) is 7.45. The molecule has 0 spiro atoms. The zero-order valence-electron chi connectivity index (χ0n) is 6.53. The van der Waals surface area contributed by atoms with Crippen LogP contribution in [0, 0.1) is 5.41 Å². The van der Waals surface area contributed by atoms with Gasteiger partial charge in [0.25, 0.3) is 0 Å². The molecule has 1 aliphatic carbocycles. The fraction of sp³-hybridized carbons (Fsp3) is 1.00. The lowest BCUT2D eigenvalue weighted by atomic mass is 10.0. The average Bonchev–Trinajstić information content (AvgIpc) is 2.70. The van der Waals surface area contributed by atoms with Gasteiger partial charge in [-0.1, -0.05) is 0 Å². The summed E-state index contributed by atoms with van der Waals surface area (Å²) in [6.45, 7) is 0. The van der Waals surface area contributed by atoms with Gasteiger partial charge >= 0.3 is 0 Å². The highest BCUT2D eigenvalue weighted by atomic mass is 35.5. The number of alkyl halides is 1. The molecule has 0 radical (unpaired) electrons. The number of rotatable bonds is 5. The zero-order valence-corrected chi connectivity index (χ0v) is 8.10. The van der Waals surface area contributed by atoms with Crippen LogP contribution in [-0.4, -0.2) is 17.9 Å². The van der Waals surface area contributed by atoms with Crippen LogP contribution in [0.25, 0.3) is 0 Å². The Hall–Kier alpha value is 0.640. The van der Waals surface area contributed by atoms with Gasteiger partial charge in [0.1, 0.15) is 0 Å². The molecular weight excluding hydrogens is 164 g/mol. The van der Waals surface area contributed by atoms with Gasteiger partial charge in [-0.25, -0.2) is 0 Å². The predicted molar refractivity (Wildman–Crippen MR) is 50.0 cm³/mol. The molecule has 10 heavy (non-hydrogen) atoms. The Labute approximate surface area is 72.7 Å². The highest BCUT2D eigenvalue weighted by Crippen LogP contribution is 2.50. The van der Waals surface area contributed by atoms with Crippen LogP contribution in [0.1, 0.15) is 25.7 Å². The van der Waals surface area contributed by atoms with E-state index in [0.29, 0.717) is 5.41 Å². The molecule has 0 saturated heterocycles. The second kappa shape index (κ2) is 3.87. The van der Waals surface area contributed by atoms with Crippen LogP contribution >= 0.6 is 23.4 Å². The summed E-state index contributed by atoms with van der Waals surface area (Å²) in [5.41, 5.74) is 0.595. The quantitative estimate of drug-likeness (QED) is 0.461. The maximum atomic E-state index is 5.83. The molecule has 0 amide bonds. The molecule has 0 aromatic rings. The lowest BCUT2D eigenvalue weighted by Crippen LogP contribution is -2.01. The van der Waals surface area contributed by atoms with Gasteiger partial charge in [-0.3, -0.25) is 0 Å². The van der Waals surface area contributed by atoms with Crippen LogP contribution in [0.4, 0.5) is 0 Å². The minimum Gasteiger partial charge on any atom is -0.165 e. The molecule has 0 aliphatic heterocycles. The first-order chi connectivity index (χ1) is 4.83. The third-order valence-corrected chi connectivity index (χ3v) is 3.56. The Morgan fingerprint density at radius 1 is 1.50 bits per heavy atom. The Balaban J connectivity index is 2.01. The summed E-state index contributed by atoms with van der Waals surface area (Å²) in [4.78, 5) is 0. The molecule has 0 N–H and O–H groups in total. The van der Waals surface area contributed by atoms with Crippen LogP contribution in [-0.2, 0) is 0 Å². The van der Waals surface area contributed by atoms with Crippen molar-refractivity contribution < 1.29 is 0 Å². The van der Waals surface area contributed by atoms with Crippen LogP contribution in [0.3, 0.4) is 0 Å². The lowest BCUT2D eigenvalue weighted by molar-refractivity contribution is 0.519. The smallest absolute Gasteiger partial charge is 0.0280 e. The van der Waals surface area contributed by atoms with Crippen LogP contribution < -0.4 is 0 Å². The molecule has 2 heteroatoms. The third kappa shape index (κ3) is 2.35. The SMILES string of the molecule is CSCCCC1(CCl)CC1. The molecule has 0 aromatic heterocycles. The highest BCUT2D eigenvalue weighted by Gasteiger charge is 2.40. The van der Waals surface area contributed by atoms with Crippen molar-refractivity contribution in [2.45, 2.75) is 25.7 Å². The summed E-state index contributed by atoms with van der Waals surface area (Å²) in [5.74, 6) is 2.19. The van der Waals surface area contributed by atoms with Crippen molar-refractivity contribution >= 4 is 23.4 Å². The Morgan fingerprint density at radius 3 is 2.60 bits per heavy atom. The van der Waals surface area contributed by atoms with Crippen molar-refractivity contribution in [3.8, 4) is 0 Å². The molecule has 60 valence electrons. The summed E-state index contributed by atoms with van der Waals surface area (Å²) in [7, 11) is 0. The Kier molecular flexibility index (Phi) is 3.38. The Bertz CT molecular complexity index is 99.4. The molecule has 1 saturated carbocycles. The van der Waals surface area contributed by atoms with E-state index >= 15 is 0 Å². The minimum absolute atomic E-state index is 0.595. The number of thioether (sulfide) groups is 1. The second-order valence-corrected chi connectivity index (χ2v) is 4.48. The predicted octanol–water partition coefficient (Wildman–Crippen LogP) is 3.15. The molecule has 1 aliphatic rings. The van der Waals surface area contributed by atoms with Gasteiger partial charge in [0.15, 0.2) is 0 Å². The van der Waals surface area contributed by atoms with E-state index < -0.39 is 0 Å². The van der Waals surface area contributed by atoms with Crippen molar-refractivity contribution in [3.63, 3.8) is 0 Å². The van der Waals surface area contributed by atoms with E-state index in [0.717, 1.165) is 5.88 Å². The van der Waals surface area contributed by atoms with Gasteiger partial charge in [-0.15, -0.1) is 11.6 Å². The van der Waals surface area contributed by atoms with Gasteiger partial charge in [0.05, 0.1) is 0 Å². The van der Waals surface area contributed by atoms with Crippen molar-refractivity contribution in [1.29, 1.82) is 0 Å². The molecule has 0 atom stereocenters. The monoisotopic (exact) mass is 178 g/mol. The van der Waals surface area contributed by atoms with E-state index in [1.165, 1.54) is 31.4 Å². The van der Waals surface area contributed by atoms with E-state index in [1.54, 1.807) is 0 Å². The van der Waals surface area contributed by atoms with Crippen molar-refractivity contribution in [2.75, 3.05) is 17.9 Å². The lowest BCUT2D eigenvalue weighted by Gasteiger charge is -2.08. The standard InChI is InChI=1S/C8H15ClS/c1-10-6-2-3-8(7-9)4-5-8/h2-7H2,1H3. The molecule has 1 rings (SSSR count). The highest BCUT2D eigenvalue weighted by molar-refractivity contribution is 7.98. The van der Waals surface area contributed by atoms with Gasteiger partial charge in [0.2, 0.25) is 0 Å². The first kappa shape index (κ1) is 8.73. The largest absolute Gasteiger partial charge is 0.165 e. The van der Waals surface area contributed by atoms with E-state index in [2.05, 4.69) is 6.26 Å². The average molecular weight is 179 g/mol. The van der Waals surface area contributed by atoms with Crippen molar-refractivity contribution in [1.82, 2.24) is 0 Å². The van der Waals surface area contributed by atoms with Crippen LogP contribution in [0.15, 0.2) is 0 Å². The molecule has 0 bridgehead atoms. The molecule has 1 fully saturated rings. The van der Waals surface area contributed by atoms with Gasteiger partial charge in [-0.05, 0) is 43.1 Å². The van der Waals surface area contributed by atoms with Gasteiger partial charge in [0, 0.05) is 5.88 Å². The van der Waals surface area contributed by atoms with E-state index in [4.69, 9.17) is 11.6 Å². The van der Waals surface area contributed by atoms with Crippen molar-refractivity contribution in [3.05, 3.63) is 0 Å². The summed E-state index contributed by atoms with van der Waals surface area (Å²) < 4.78 is 0. The number of hydrogen-bond donors (Lipinski definition) is 0. The van der Waals surface area contributed by atoms with Gasteiger partial charge < -0.3 is 0 Å². The maximum absolute atomic E-state index is 5.83. The fourth-order valence-corrected chi connectivity index (χ4v) is 2.05. The summed E-state index contributed by atoms with van der Waals surface area (Å²) in [6.07, 6.45) is 7.64. The topological polar surface area (TPSA) is 0 Å². The van der Waals surface area contributed by atoms with Crippen LogP contribution in [0.2, 0.25) is 0 Å². The van der Waals surface area contributed by atoms with E-state index in [-0.39, 0.29) is 0 Å². The molecule has 0 heterocycles. The first-order valence-electron chi connectivity index (χ1n) is 3.88. The summed E-state index contributed by atoms with van der Waals surface area (Å²) >= 11 is 7.77. The summed E-state index contributed by atoms with van der Waals surface area (Å²) in [6, 6.07) is 0. The number of halogens is 1. The Morgan fingerprint density at radius 2 is 2.20 bits per heavy atom. The molecule has 0 aromatic carbocycles. The number of hydrogen-bond acceptors (Lipinski definition) is 1. The minimum atomic E-state index is 0.595. The van der Waals surface area contributed by atoms with Crippen LogP contribution in [0.5, 0.6) is 0 Å².